The minimum Gasteiger partial charge on any atom is -0.206 e. The summed E-state index contributed by atoms with van der Waals surface area (Å²) in [5, 5.41) is 0. The summed E-state index contributed by atoms with van der Waals surface area (Å²) < 4.78 is 217. The monoisotopic (exact) mass is 478 g/mol. The van der Waals surface area contributed by atoms with E-state index in [4.69, 9.17) is 0 Å². The third-order valence-corrected chi connectivity index (χ3v) is 3.94. The molecule has 28 heavy (non-hydrogen) atoms. The minimum absolute atomic E-state index is 2.39. The fourth-order valence-electron chi connectivity index (χ4n) is 1.55. The minimum atomic E-state index is -8.23. The van der Waals surface area contributed by atoms with Crippen LogP contribution in [0.1, 0.15) is 12.8 Å². The van der Waals surface area contributed by atoms with Gasteiger partial charge in [0, 0.05) is 12.8 Å². The van der Waals surface area contributed by atoms with Crippen LogP contribution in [0.4, 0.5) is 74.6 Å². The summed E-state index contributed by atoms with van der Waals surface area (Å²) in [6, 6.07) is 0. The normalized spacial score (nSPS) is 16.6. The Balaban J connectivity index is 6.32. The second kappa shape index (κ2) is 6.78. The lowest BCUT2D eigenvalue weighted by Crippen LogP contribution is -2.73. The van der Waals surface area contributed by atoms with Gasteiger partial charge in [0.15, 0.2) is 0 Å². The molecule has 0 rings (SSSR count). The molecule has 0 atom stereocenters. The van der Waals surface area contributed by atoms with Crippen LogP contribution in [0.5, 0.6) is 0 Å². The molecule has 0 aromatic heterocycles. The summed E-state index contributed by atoms with van der Waals surface area (Å²) in [5.74, 6) is -46.3. The molecule has 0 spiro atoms. The van der Waals surface area contributed by atoms with E-state index in [2.05, 4.69) is 0 Å². The predicted octanol–water partition coefficient (Wildman–Crippen LogP) is 5.10. The van der Waals surface area contributed by atoms with Gasteiger partial charge in [-0.2, -0.15) is 65.9 Å². The van der Waals surface area contributed by atoms with Crippen LogP contribution in [0, 0.1) is 0 Å². The van der Waals surface area contributed by atoms with Crippen LogP contribution in [0.25, 0.3) is 0 Å². The molecule has 0 radical (unpaired) electrons. The van der Waals surface area contributed by atoms with E-state index in [-0.39, 0.29) is 0 Å². The van der Waals surface area contributed by atoms with E-state index in [9.17, 15) is 74.6 Å². The molecule has 0 nitrogen and oxygen atoms in total. The lowest BCUT2D eigenvalue weighted by atomic mass is 9.90. The van der Waals surface area contributed by atoms with Gasteiger partial charge < -0.3 is 0 Å². The Kier molecular flexibility index (Phi) is 6.55. The standard InChI is InChI=1S/C10H7F17Si/c11-3(12,1-2-4(13,14)15)5(16,17)6(18,19)7(20,21)8(22,23)9(24,25)10(26,27)28/h1-2H2,28H3. The van der Waals surface area contributed by atoms with Crippen LogP contribution < -0.4 is 0 Å². The third kappa shape index (κ3) is 4.01. The van der Waals surface area contributed by atoms with E-state index in [0.29, 0.717) is 0 Å². The fourth-order valence-corrected chi connectivity index (χ4v) is 1.87. The number of hydrogen-bond acceptors (Lipinski definition) is 0. The number of hydrogen-bond donors (Lipinski definition) is 0. The Bertz CT molecular complexity index is 553. The van der Waals surface area contributed by atoms with Gasteiger partial charge in [0.05, 0.1) is 10.2 Å². The highest BCUT2D eigenvalue weighted by atomic mass is 28.1. The van der Waals surface area contributed by atoms with Crippen LogP contribution in [0.3, 0.4) is 0 Å². The van der Waals surface area contributed by atoms with Gasteiger partial charge in [-0.25, -0.2) is 8.78 Å². The quantitative estimate of drug-likeness (QED) is 0.337. The summed E-state index contributed by atoms with van der Waals surface area (Å²) in [7, 11) is -2.39. The van der Waals surface area contributed by atoms with Crippen molar-refractivity contribution in [2.45, 2.75) is 60.1 Å². The highest BCUT2D eigenvalue weighted by Crippen LogP contribution is 2.62. The molecule has 0 aliphatic carbocycles. The molecule has 0 amide bonds. The van der Waals surface area contributed by atoms with Crippen molar-refractivity contribution in [3.63, 3.8) is 0 Å². The summed E-state index contributed by atoms with van der Waals surface area (Å²) in [6.07, 6.45) is -12.0. The molecule has 0 bridgehead atoms. The number of alkyl halides is 17. The molecule has 0 aliphatic rings. The first kappa shape index (κ1) is 27.0. The molecule has 0 aromatic carbocycles. The van der Waals surface area contributed by atoms with Crippen molar-refractivity contribution < 1.29 is 74.6 Å². The first-order valence-electron chi connectivity index (χ1n) is 6.42. The van der Waals surface area contributed by atoms with Crippen LogP contribution in [0.2, 0.25) is 0 Å². The van der Waals surface area contributed by atoms with Gasteiger partial charge in [-0.15, -0.1) is 0 Å². The maximum Gasteiger partial charge on any atom is 0.389 e. The Morgan fingerprint density at radius 3 is 0.964 bits per heavy atom. The number of rotatable bonds is 8. The van der Waals surface area contributed by atoms with Gasteiger partial charge >= 0.3 is 41.7 Å². The molecule has 0 aromatic rings. The average molecular weight is 478 g/mol. The van der Waals surface area contributed by atoms with Gasteiger partial charge in [-0.1, -0.05) is 0 Å². The average Bonchev–Trinajstić information content (AvgIpc) is 2.42. The second-order valence-corrected chi connectivity index (χ2v) is 6.84. The van der Waals surface area contributed by atoms with Crippen LogP contribution >= 0.6 is 0 Å². The van der Waals surface area contributed by atoms with Crippen LogP contribution in [0.15, 0.2) is 0 Å². The van der Waals surface area contributed by atoms with Crippen molar-refractivity contribution in [3.05, 3.63) is 0 Å². The first-order chi connectivity index (χ1) is 11.7. The summed E-state index contributed by atoms with van der Waals surface area (Å²) in [5.41, 5.74) is -6.09. The maximum absolute atomic E-state index is 13.2. The maximum atomic E-state index is 13.2. The van der Waals surface area contributed by atoms with Crippen molar-refractivity contribution in [1.82, 2.24) is 0 Å². The van der Waals surface area contributed by atoms with Gasteiger partial charge in [0.2, 0.25) is 0 Å². The van der Waals surface area contributed by atoms with Gasteiger partial charge in [0.1, 0.15) is 0 Å². The highest BCUT2D eigenvalue weighted by Gasteiger charge is 2.92. The van der Waals surface area contributed by atoms with E-state index in [1.807, 2.05) is 0 Å². The van der Waals surface area contributed by atoms with E-state index < -0.39 is 70.3 Å². The molecule has 0 heterocycles. The SMILES string of the molecule is FC(F)(F)CCC(F)(F)C(F)(F)C(F)(F)C(F)(F)C(F)(F)C(F)(F)C(F)(F)[SiH3]. The van der Waals surface area contributed by atoms with Crippen molar-refractivity contribution >= 4 is 10.2 Å². The molecule has 170 valence electrons. The molecule has 18 heteroatoms. The van der Waals surface area contributed by atoms with Gasteiger partial charge in [-0.3, -0.25) is 0 Å². The zero-order valence-corrected chi connectivity index (χ0v) is 14.8. The van der Waals surface area contributed by atoms with Crippen LogP contribution in [-0.2, 0) is 0 Å². The third-order valence-electron chi connectivity index (χ3n) is 3.31. The van der Waals surface area contributed by atoms with E-state index in [1.165, 1.54) is 0 Å². The molecular weight excluding hydrogens is 471 g/mol. The smallest absolute Gasteiger partial charge is 0.206 e. The van der Waals surface area contributed by atoms with Crippen molar-refractivity contribution in [1.29, 1.82) is 0 Å². The van der Waals surface area contributed by atoms with E-state index in [1.54, 1.807) is 0 Å². The summed E-state index contributed by atoms with van der Waals surface area (Å²) >= 11 is 0. The molecule has 0 fully saturated rings. The zero-order valence-electron chi connectivity index (χ0n) is 12.8. The van der Waals surface area contributed by atoms with Crippen molar-refractivity contribution in [3.8, 4) is 0 Å². The Labute approximate surface area is 146 Å². The lowest BCUT2D eigenvalue weighted by Gasteiger charge is -2.42. The van der Waals surface area contributed by atoms with Crippen molar-refractivity contribution in [2.24, 2.45) is 0 Å². The first-order valence-corrected chi connectivity index (χ1v) is 7.42. The molecular formula is C10H7F17Si. The molecule has 0 saturated heterocycles. The molecule has 0 saturated carbocycles. The number of halogens is 17. The van der Waals surface area contributed by atoms with Gasteiger partial charge in [0.25, 0.3) is 5.55 Å². The Morgan fingerprint density at radius 1 is 0.393 bits per heavy atom. The summed E-state index contributed by atoms with van der Waals surface area (Å²) in [6.45, 7) is 0. The van der Waals surface area contributed by atoms with Gasteiger partial charge in [-0.05, 0) is 0 Å². The summed E-state index contributed by atoms with van der Waals surface area (Å²) in [4.78, 5) is 0. The Morgan fingerprint density at radius 2 is 0.679 bits per heavy atom. The van der Waals surface area contributed by atoms with E-state index in [0.717, 1.165) is 0 Å². The largest absolute Gasteiger partial charge is 0.389 e. The van der Waals surface area contributed by atoms with Crippen LogP contribution in [-0.4, -0.2) is 57.5 Å². The molecule has 0 N–H and O–H groups in total. The Hall–Kier alpha value is -0.973. The zero-order chi connectivity index (χ0) is 23.4. The predicted molar refractivity (Wildman–Crippen MR) is 59.9 cm³/mol. The molecule has 0 unspecified atom stereocenters. The van der Waals surface area contributed by atoms with Crippen molar-refractivity contribution in [2.75, 3.05) is 0 Å². The lowest BCUT2D eigenvalue weighted by molar-refractivity contribution is -0.436. The second-order valence-electron chi connectivity index (χ2n) is 5.58. The topological polar surface area (TPSA) is 0 Å². The highest BCUT2D eigenvalue weighted by molar-refractivity contribution is 6.14. The molecule has 0 aliphatic heterocycles. The fraction of sp³-hybridized carbons (Fsp3) is 1.00. The van der Waals surface area contributed by atoms with E-state index >= 15 is 0 Å².